The van der Waals surface area contributed by atoms with Crippen molar-refractivity contribution < 1.29 is 19.7 Å². The second-order valence-electron chi connectivity index (χ2n) is 2.93. The molecule has 0 bridgehead atoms. The lowest BCUT2D eigenvalue weighted by atomic mass is 10.2. The molecule has 14 heavy (non-hydrogen) atoms. The zero-order valence-corrected chi connectivity index (χ0v) is 8.28. The van der Waals surface area contributed by atoms with Crippen molar-refractivity contribution >= 4 is 0 Å². The van der Waals surface area contributed by atoms with Gasteiger partial charge >= 0.3 is 0 Å². The summed E-state index contributed by atoms with van der Waals surface area (Å²) < 4.78 is 10.1. The first-order valence-electron chi connectivity index (χ1n) is 4.29. The summed E-state index contributed by atoms with van der Waals surface area (Å²) in [5.41, 5.74) is 0.610. The van der Waals surface area contributed by atoms with E-state index in [1.807, 2.05) is 0 Å². The van der Waals surface area contributed by atoms with Crippen LogP contribution in [0, 0.1) is 6.92 Å². The predicted molar refractivity (Wildman–Crippen MR) is 51.9 cm³/mol. The molecule has 78 valence electrons. The van der Waals surface area contributed by atoms with Gasteiger partial charge in [0.1, 0.15) is 23.9 Å². The van der Waals surface area contributed by atoms with E-state index >= 15 is 0 Å². The van der Waals surface area contributed by atoms with Gasteiger partial charge in [-0.2, -0.15) is 0 Å². The minimum atomic E-state index is -0.0134. The van der Waals surface area contributed by atoms with Gasteiger partial charge in [-0.25, -0.2) is 0 Å². The zero-order chi connectivity index (χ0) is 10.6. The Hall–Kier alpha value is -1.42. The van der Waals surface area contributed by atoms with Crippen molar-refractivity contribution in [1.29, 1.82) is 0 Å². The van der Waals surface area contributed by atoms with Crippen LogP contribution in [0.25, 0.3) is 0 Å². The Morgan fingerprint density at radius 1 is 1.21 bits per heavy atom. The minimum absolute atomic E-state index is 0.0134. The van der Waals surface area contributed by atoms with E-state index in [4.69, 9.17) is 9.47 Å². The van der Waals surface area contributed by atoms with Crippen LogP contribution in [-0.4, -0.2) is 30.5 Å². The first-order chi connectivity index (χ1) is 6.65. The fraction of sp³-hybridized carbons (Fsp3) is 0.400. The van der Waals surface area contributed by atoms with Crippen molar-refractivity contribution in [1.82, 2.24) is 0 Å². The molecule has 0 saturated carbocycles. The molecule has 4 nitrogen and oxygen atoms in total. The highest BCUT2D eigenvalue weighted by atomic mass is 16.5. The molecule has 0 radical (unpaired) electrons. The summed E-state index contributed by atoms with van der Waals surface area (Å²) in [5, 5.41) is 18.6. The molecule has 0 unspecified atom stereocenters. The normalized spacial score (nSPS) is 10.1. The van der Waals surface area contributed by atoms with Crippen molar-refractivity contribution in [3.63, 3.8) is 0 Å². The lowest BCUT2D eigenvalue weighted by Gasteiger charge is -2.10. The summed E-state index contributed by atoms with van der Waals surface area (Å²) in [4.78, 5) is 0. The van der Waals surface area contributed by atoms with Crippen molar-refractivity contribution in [2.24, 2.45) is 0 Å². The standard InChI is InChI=1S/C10H14O4/c1-7-9(12)5-8(11)6-10(7)14-4-3-13-2/h5-6,11-12H,3-4H2,1-2H3. The average Bonchev–Trinajstić information content (AvgIpc) is 2.13. The van der Waals surface area contributed by atoms with Gasteiger partial charge in [-0.3, -0.25) is 0 Å². The monoisotopic (exact) mass is 198 g/mol. The number of rotatable bonds is 4. The first-order valence-corrected chi connectivity index (χ1v) is 4.29. The molecule has 1 rings (SSSR count). The maximum atomic E-state index is 9.37. The molecule has 1 aromatic rings. The number of benzene rings is 1. The summed E-state index contributed by atoms with van der Waals surface area (Å²) in [6, 6.07) is 2.74. The maximum absolute atomic E-state index is 9.37. The van der Waals surface area contributed by atoms with Crippen molar-refractivity contribution in [2.45, 2.75) is 6.92 Å². The van der Waals surface area contributed by atoms with Gasteiger partial charge < -0.3 is 19.7 Å². The highest BCUT2D eigenvalue weighted by Crippen LogP contribution is 2.31. The van der Waals surface area contributed by atoms with Gasteiger partial charge in [0.15, 0.2) is 0 Å². The third kappa shape index (κ3) is 2.53. The second kappa shape index (κ2) is 4.72. The zero-order valence-electron chi connectivity index (χ0n) is 8.28. The molecule has 0 aliphatic carbocycles. The van der Waals surface area contributed by atoms with Gasteiger partial charge in [0.2, 0.25) is 0 Å². The first kappa shape index (κ1) is 10.7. The highest BCUT2D eigenvalue weighted by Gasteiger charge is 2.06. The largest absolute Gasteiger partial charge is 0.508 e. The molecule has 0 heterocycles. The average molecular weight is 198 g/mol. The number of aromatic hydroxyl groups is 2. The van der Waals surface area contributed by atoms with Crippen LogP contribution in [0.1, 0.15) is 5.56 Å². The number of hydrogen-bond donors (Lipinski definition) is 2. The molecule has 0 aliphatic rings. The molecule has 0 aromatic heterocycles. The van der Waals surface area contributed by atoms with E-state index in [2.05, 4.69) is 0 Å². The minimum Gasteiger partial charge on any atom is -0.508 e. The Morgan fingerprint density at radius 3 is 2.57 bits per heavy atom. The Labute approximate surface area is 82.7 Å². The van der Waals surface area contributed by atoms with E-state index < -0.39 is 0 Å². The van der Waals surface area contributed by atoms with Gasteiger partial charge in [0, 0.05) is 24.8 Å². The fourth-order valence-electron chi connectivity index (χ4n) is 1.04. The van der Waals surface area contributed by atoms with Crippen molar-refractivity contribution in [3.05, 3.63) is 17.7 Å². The lowest BCUT2D eigenvalue weighted by molar-refractivity contribution is 0.145. The van der Waals surface area contributed by atoms with Gasteiger partial charge in [-0.1, -0.05) is 0 Å². The molecule has 0 aliphatic heterocycles. The molecule has 0 fully saturated rings. The van der Waals surface area contributed by atoms with Crippen LogP contribution in [0.15, 0.2) is 12.1 Å². The molecule has 0 amide bonds. The van der Waals surface area contributed by atoms with Gasteiger partial charge in [0.05, 0.1) is 6.61 Å². The van der Waals surface area contributed by atoms with Gasteiger partial charge in [-0.15, -0.1) is 0 Å². The molecule has 2 N–H and O–H groups in total. The molecular formula is C10H14O4. The summed E-state index contributed by atoms with van der Waals surface area (Å²) >= 11 is 0. The SMILES string of the molecule is COCCOc1cc(O)cc(O)c1C. The number of phenolic OH excluding ortho intramolecular Hbond substituents is 2. The number of ether oxygens (including phenoxy) is 2. The Bertz CT molecular complexity index is 309. The van der Waals surface area contributed by atoms with Crippen LogP contribution in [-0.2, 0) is 4.74 Å². The summed E-state index contributed by atoms with van der Waals surface area (Å²) in [7, 11) is 1.58. The molecular weight excluding hydrogens is 184 g/mol. The second-order valence-corrected chi connectivity index (χ2v) is 2.93. The smallest absolute Gasteiger partial charge is 0.129 e. The molecule has 0 atom stereocenters. The summed E-state index contributed by atoms with van der Waals surface area (Å²) in [6.07, 6.45) is 0. The van der Waals surface area contributed by atoms with Crippen LogP contribution >= 0.6 is 0 Å². The van der Waals surface area contributed by atoms with Crippen LogP contribution in [0.5, 0.6) is 17.2 Å². The highest BCUT2D eigenvalue weighted by molar-refractivity contribution is 5.48. The van der Waals surface area contributed by atoms with Crippen molar-refractivity contribution in [2.75, 3.05) is 20.3 Å². The summed E-state index contributed by atoms with van der Waals surface area (Å²) in [6.45, 7) is 2.58. The maximum Gasteiger partial charge on any atom is 0.129 e. The Morgan fingerprint density at radius 2 is 1.93 bits per heavy atom. The predicted octanol–water partition coefficient (Wildman–Crippen LogP) is 1.43. The van der Waals surface area contributed by atoms with Gasteiger partial charge in [-0.05, 0) is 6.92 Å². The Balaban J connectivity index is 2.75. The van der Waals surface area contributed by atoms with Gasteiger partial charge in [0.25, 0.3) is 0 Å². The third-order valence-corrected chi connectivity index (χ3v) is 1.86. The van der Waals surface area contributed by atoms with Crippen LogP contribution in [0.3, 0.4) is 0 Å². The fourth-order valence-corrected chi connectivity index (χ4v) is 1.04. The lowest BCUT2D eigenvalue weighted by Crippen LogP contribution is -2.05. The van der Waals surface area contributed by atoms with E-state index in [9.17, 15) is 10.2 Å². The van der Waals surface area contributed by atoms with Crippen LogP contribution < -0.4 is 4.74 Å². The number of methoxy groups -OCH3 is 1. The number of hydrogen-bond acceptors (Lipinski definition) is 4. The van der Waals surface area contributed by atoms with E-state index in [1.54, 1.807) is 14.0 Å². The molecule has 1 aromatic carbocycles. The third-order valence-electron chi connectivity index (χ3n) is 1.86. The van der Waals surface area contributed by atoms with E-state index in [0.717, 1.165) is 0 Å². The van der Waals surface area contributed by atoms with Crippen LogP contribution in [0.2, 0.25) is 0 Å². The van der Waals surface area contributed by atoms with Crippen molar-refractivity contribution in [3.8, 4) is 17.2 Å². The molecule has 0 spiro atoms. The van der Waals surface area contributed by atoms with E-state index in [1.165, 1.54) is 12.1 Å². The van der Waals surface area contributed by atoms with Crippen LogP contribution in [0.4, 0.5) is 0 Å². The topological polar surface area (TPSA) is 58.9 Å². The quantitative estimate of drug-likeness (QED) is 0.718. The summed E-state index contributed by atoms with van der Waals surface area (Å²) in [5.74, 6) is 0.484. The molecule has 0 saturated heterocycles. The molecule has 4 heteroatoms. The Kier molecular flexibility index (Phi) is 3.59. The van der Waals surface area contributed by atoms with E-state index in [0.29, 0.717) is 24.5 Å². The van der Waals surface area contributed by atoms with E-state index in [-0.39, 0.29) is 11.5 Å². The number of phenols is 2.